The van der Waals surface area contributed by atoms with Crippen LogP contribution in [0.2, 0.25) is 0 Å². The molecule has 0 aliphatic heterocycles. The van der Waals surface area contributed by atoms with E-state index in [0.717, 1.165) is 5.56 Å². The van der Waals surface area contributed by atoms with E-state index in [1.54, 1.807) is 12.5 Å². The molecule has 0 amide bonds. The van der Waals surface area contributed by atoms with Gasteiger partial charge in [-0.1, -0.05) is 0 Å². The van der Waals surface area contributed by atoms with Gasteiger partial charge in [-0.2, -0.15) is 0 Å². The number of hydrogen-bond donors (Lipinski definition) is 1. The molecule has 0 aromatic carbocycles. The third kappa shape index (κ3) is 3.38. The first-order chi connectivity index (χ1) is 7.52. The maximum atomic E-state index is 10.6. The first-order valence-electron chi connectivity index (χ1n) is 5.52. The smallest absolute Gasteiger partial charge is 0.304 e. The normalized spacial score (nSPS) is 13.3. The quantitative estimate of drug-likeness (QED) is 0.808. The molecule has 4 heteroatoms. The summed E-state index contributed by atoms with van der Waals surface area (Å²) >= 11 is 0. The van der Waals surface area contributed by atoms with Gasteiger partial charge in [0.05, 0.1) is 18.9 Å². The van der Waals surface area contributed by atoms with E-state index < -0.39 is 5.97 Å². The Labute approximate surface area is 95.9 Å². The van der Waals surface area contributed by atoms with E-state index >= 15 is 0 Å². The summed E-state index contributed by atoms with van der Waals surface area (Å²) in [6.07, 6.45) is 3.52. The Kier molecular flexibility index (Phi) is 4.55. The van der Waals surface area contributed by atoms with Crippen molar-refractivity contribution in [2.24, 2.45) is 0 Å². The number of nitrogens with zero attached hydrogens (tertiary/aromatic N) is 1. The molecule has 0 saturated heterocycles. The van der Waals surface area contributed by atoms with Crippen molar-refractivity contribution in [2.45, 2.75) is 39.3 Å². The molecule has 0 spiro atoms. The van der Waals surface area contributed by atoms with Gasteiger partial charge in [-0.3, -0.25) is 9.69 Å². The number of hydrogen-bond acceptors (Lipinski definition) is 3. The first-order valence-corrected chi connectivity index (χ1v) is 5.52. The lowest BCUT2D eigenvalue weighted by Gasteiger charge is -2.31. The molecule has 16 heavy (non-hydrogen) atoms. The van der Waals surface area contributed by atoms with Gasteiger partial charge in [-0.05, 0) is 26.8 Å². The zero-order chi connectivity index (χ0) is 12.1. The Balaban J connectivity index is 2.66. The molecule has 0 radical (unpaired) electrons. The average Bonchev–Trinajstić information content (AvgIpc) is 2.69. The van der Waals surface area contributed by atoms with Crippen LogP contribution in [0.25, 0.3) is 0 Å². The largest absolute Gasteiger partial charge is 0.481 e. The minimum absolute atomic E-state index is 0.167. The number of aliphatic carboxylic acids is 1. The van der Waals surface area contributed by atoms with Crippen molar-refractivity contribution in [3.63, 3.8) is 0 Å². The van der Waals surface area contributed by atoms with Crippen LogP contribution in [-0.2, 0) is 4.79 Å². The van der Waals surface area contributed by atoms with E-state index in [1.165, 1.54) is 0 Å². The molecular weight excluding hydrogens is 206 g/mol. The number of rotatable bonds is 6. The van der Waals surface area contributed by atoms with Gasteiger partial charge in [0.2, 0.25) is 0 Å². The van der Waals surface area contributed by atoms with Gasteiger partial charge in [-0.25, -0.2) is 0 Å². The monoisotopic (exact) mass is 225 g/mol. The summed E-state index contributed by atoms with van der Waals surface area (Å²) in [5, 5.41) is 8.71. The predicted molar refractivity (Wildman–Crippen MR) is 61.2 cm³/mol. The van der Waals surface area contributed by atoms with E-state index in [2.05, 4.69) is 25.7 Å². The van der Waals surface area contributed by atoms with Crippen molar-refractivity contribution >= 4 is 5.97 Å². The minimum atomic E-state index is -0.759. The topological polar surface area (TPSA) is 53.7 Å². The Morgan fingerprint density at radius 2 is 2.19 bits per heavy atom. The minimum Gasteiger partial charge on any atom is -0.481 e. The van der Waals surface area contributed by atoms with E-state index in [1.807, 2.05) is 6.07 Å². The molecule has 1 atom stereocenters. The van der Waals surface area contributed by atoms with Gasteiger partial charge >= 0.3 is 5.97 Å². The molecule has 0 fully saturated rings. The molecule has 0 aliphatic rings. The zero-order valence-electron chi connectivity index (χ0n) is 10.0. The molecule has 0 saturated carbocycles. The molecular formula is C12H19NO3. The highest BCUT2D eigenvalue weighted by Crippen LogP contribution is 2.22. The summed E-state index contributed by atoms with van der Waals surface area (Å²) in [7, 11) is 0. The first kappa shape index (κ1) is 12.8. The van der Waals surface area contributed by atoms with Crippen LogP contribution in [0.3, 0.4) is 0 Å². The summed E-state index contributed by atoms with van der Waals surface area (Å²) < 4.78 is 5.05. The predicted octanol–water partition coefficient (Wildman–Crippen LogP) is 2.53. The Morgan fingerprint density at radius 3 is 2.62 bits per heavy atom. The molecule has 1 heterocycles. The SMILES string of the molecule is CC(C)N(CCC(=O)O)C(C)c1ccoc1. The Hall–Kier alpha value is -1.29. The van der Waals surface area contributed by atoms with E-state index in [9.17, 15) is 4.79 Å². The van der Waals surface area contributed by atoms with Crippen molar-refractivity contribution in [2.75, 3.05) is 6.54 Å². The van der Waals surface area contributed by atoms with Crippen molar-refractivity contribution in [1.82, 2.24) is 4.90 Å². The molecule has 1 rings (SSSR count). The van der Waals surface area contributed by atoms with E-state index in [0.29, 0.717) is 12.6 Å². The lowest BCUT2D eigenvalue weighted by Crippen LogP contribution is -2.35. The summed E-state index contributed by atoms with van der Waals surface area (Å²) in [5.41, 5.74) is 1.08. The van der Waals surface area contributed by atoms with Crippen LogP contribution >= 0.6 is 0 Å². The summed E-state index contributed by atoms with van der Waals surface area (Å²) in [6.45, 7) is 6.75. The van der Waals surface area contributed by atoms with Crippen molar-refractivity contribution in [3.8, 4) is 0 Å². The maximum Gasteiger partial charge on any atom is 0.304 e. The third-order valence-electron chi connectivity index (χ3n) is 2.77. The van der Waals surface area contributed by atoms with Crippen LogP contribution in [0.15, 0.2) is 23.0 Å². The number of furan rings is 1. The maximum absolute atomic E-state index is 10.6. The highest BCUT2D eigenvalue weighted by atomic mass is 16.4. The van der Waals surface area contributed by atoms with Gasteiger partial charge in [0.25, 0.3) is 0 Å². The van der Waals surface area contributed by atoms with Gasteiger partial charge < -0.3 is 9.52 Å². The molecule has 4 nitrogen and oxygen atoms in total. The second-order valence-electron chi connectivity index (χ2n) is 4.21. The number of carbonyl (C=O) groups is 1. The molecule has 0 bridgehead atoms. The highest BCUT2D eigenvalue weighted by molar-refractivity contribution is 5.66. The fraction of sp³-hybridized carbons (Fsp3) is 0.583. The van der Waals surface area contributed by atoms with Crippen molar-refractivity contribution < 1.29 is 14.3 Å². The van der Waals surface area contributed by atoms with Crippen molar-refractivity contribution in [3.05, 3.63) is 24.2 Å². The summed E-state index contributed by atoms with van der Waals surface area (Å²) in [4.78, 5) is 12.7. The average molecular weight is 225 g/mol. The van der Waals surface area contributed by atoms with Crippen molar-refractivity contribution in [1.29, 1.82) is 0 Å². The van der Waals surface area contributed by atoms with Crippen LogP contribution in [0, 0.1) is 0 Å². The van der Waals surface area contributed by atoms with Gasteiger partial charge in [0.15, 0.2) is 0 Å². The summed E-state index contributed by atoms with van der Waals surface area (Å²) in [5.74, 6) is -0.759. The number of carboxylic acids is 1. The van der Waals surface area contributed by atoms with Gasteiger partial charge in [-0.15, -0.1) is 0 Å². The van der Waals surface area contributed by atoms with Crippen LogP contribution in [0.1, 0.15) is 38.8 Å². The Morgan fingerprint density at radius 1 is 1.50 bits per heavy atom. The van der Waals surface area contributed by atoms with Crippen LogP contribution in [0.4, 0.5) is 0 Å². The lowest BCUT2D eigenvalue weighted by molar-refractivity contribution is -0.137. The standard InChI is InChI=1S/C12H19NO3/c1-9(2)13(6-4-12(14)15)10(3)11-5-7-16-8-11/h5,7-10H,4,6H2,1-3H3,(H,14,15). The summed E-state index contributed by atoms with van der Waals surface area (Å²) in [6, 6.07) is 2.41. The second kappa shape index (κ2) is 5.70. The molecule has 1 N–H and O–H groups in total. The number of carboxylic acid groups (broad SMARTS) is 1. The van der Waals surface area contributed by atoms with E-state index in [-0.39, 0.29) is 12.5 Å². The molecule has 1 aromatic heterocycles. The fourth-order valence-electron chi connectivity index (χ4n) is 1.83. The zero-order valence-corrected chi connectivity index (χ0v) is 10.0. The molecule has 1 unspecified atom stereocenters. The fourth-order valence-corrected chi connectivity index (χ4v) is 1.83. The molecule has 1 aromatic rings. The molecule has 0 aliphatic carbocycles. The lowest BCUT2D eigenvalue weighted by atomic mass is 10.1. The molecule has 90 valence electrons. The second-order valence-corrected chi connectivity index (χ2v) is 4.21. The van der Waals surface area contributed by atoms with Gasteiger partial charge in [0, 0.05) is 24.2 Å². The van der Waals surface area contributed by atoms with E-state index in [4.69, 9.17) is 9.52 Å². The van der Waals surface area contributed by atoms with Crippen LogP contribution in [0.5, 0.6) is 0 Å². The van der Waals surface area contributed by atoms with Crippen LogP contribution < -0.4 is 0 Å². The van der Waals surface area contributed by atoms with Crippen LogP contribution in [-0.4, -0.2) is 28.6 Å². The third-order valence-corrected chi connectivity index (χ3v) is 2.77. The highest BCUT2D eigenvalue weighted by Gasteiger charge is 2.20. The van der Waals surface area contributed by atoms with Gasteiger partial charge in [0.1, 0.15) is 0 Å². The Bertz CT molecular complexity index is 319.